The van der Waals surface area contributed by atoms with Crippen LogP contribution >= 0.6 is 11.8 Å². The van der Waals surface area contributed by atoms with Crippen molar-refractivity contribution in [2.75, 3.05) is 19.5 Å². The number of thioether (sulfide) groups is 1. The molecule has 0 N–H and O–H groups in total. The lowest BCUT2D eigenvalue weighted by Gasteiger charge is -2.15. The summed E-state index contributed by atoms with van der Waals surface area (Å²) in [6.07, 6.45) is 0.817. The molecule has 5 heteroatoms. The minimum atomic E-state index is -0.945. The van der Waals surface area contributed by atoms with Crippen LogP contribution in [0.1, 0.15) is 30.6 Å². The van der Waals surface area contributed by atoms with Crippen LogP contribution in [-0.4, -0.2) is 37.3 Å². The molecule has 0 unspecified atom stereocenters. The van der Waals surface area contributed by atoms with Gasteiger partial charge >= 0.3 is 0 Å². The average Bonchev–Trinajstić information content (AvgIpc) is 2.47. The lowest BCUT2D eigenvalue weighted by atomic mass is 10.1. The van der Waals surface area contributed by atoms with Gasteiger partial charge in [-0.2, -0.15) is 0 Å². The molecular formula is C15H20O4S. The second-order valence-electron chi connectivity index (χ2n) is 4.04. The maximum absolute atomic E-state index is 12.0. The van der Waals surface area contributed by atoms with E-state index < -0.39 is 6.29 Å². The van der Waals surface area contributed by atoms with Crippen molar-refractivity contribution in [1.29, 1.82) is 0 Å². The van der Waals surface area contributed by atoms with E-state index in [4.69, 9.17) is 9.47 Å². The highest BCUT2D eigenvalue weighted by Gasteiger charge is 2.22. The number of rotatable bonds is 9. The number of hydrogen-bond donors (Lipinski definition) is 0. The summed E-state index contributed by atoms with van der Waals surface area (Å²) in [5.74, 6) is -0.556. The summed E-state index contributed by atoms with van der Waals surface area (Å²) >= 11 is 1.60. The smallest absolute Gasteiger partial charge is 0.218 e. The van der Waals surface area contributed by atoms with Crippen molar-refractivity contribution >= 4 is 23.3 Å². The van der Waals surface area contributed by atoms with E-state index in [0.29, 0.717) is 18.8 Å². The predicted molar refractivity (Wildman–Crippen MR) is 79.2 cm³/mol. The van der Waals surface area contributed by atoms with Crippen LogP contribution in [0.2, 0.25) is 0 Å². The minimum Gasteiger partial charge on any atom is -0.346 e. The summed E-state index contributed by atoms with van der Waals surface area (Å²) in [7, 11) is 0. The molecular weight excluding hydrogens is 276 g/mol. The molecule has 0 atom stereocenters. The first kappa shape index (κ1) is 16.9. The van der Waals surface area contributed by atoms with E-state index >= 15 is 0 Å². The molecule has 0 saturated carbocycles. The summed E-state index contributed by atoms with van der Waals surface area (Å²) in [6.45, 7) is 4.30. The van der Waals surface area contributed by atoms with Gasteiger partial charge in [-0.05, 0) is 32.2 Å². The van der Waals surface area contributed by atoms with E-state index in [0.717, 1.165) is 4.90 Å². The van der Waals surface area contributed by atoms with Gasteiger partial charge in [0.1, 0.15) is 0 Å². The Labute approximate surface area is 123 Å². The standard InChI is InChI=1S/C15H20O4S/c1-4-18-15(19-5-2)14(17)10-13(16)11-6-8-12(20-3)9-7-11/h6-9,15H,4-5,10H2,1-3H3. The Bertz CT molecular complexity index is 436. The third kappa shape index (κ3) is 5.07. The van der Waals surface area contributed by atoms with Gasteiger partial charge in [-0.1, -0.05) is 12.1 Å². The van der Waals surface area contributed by atoms with Crippen molar-refractivity contribution in [2.24, 2.45) is 0 Å². The molecule has 20 heavy (non-hydrogen) atoms. The van der Waals surface area contributed by atoms with E-state index in [-0.39, 0.29) is 18.0 Å². The summed E-state index contributed by atoms with van der Waals surface area (Å²) in [4.78, 5) is 25.1. The van der Waals surface area contributed by atoms with Gasteiger partial charge in [0.05, 0.1) is 6.42 Å². The Kier molecular flexibility index (Phi) is 7.51. The summed E-state index contributed by atoms with van der Waals surface area (Å²) in [5, 5.41) is 0. The molecule has 0 fully saturated rings. The van der Waals surface area contributed by atoms with Crippen molar-refractivity contribution in [1.82, 2.24) is 0 Å². The molecule has 0 aliphatic carbocycles. The highest BCUT2D eigenvalue weighted by molar-refractivity contribution is 7.98. The molecule has 0 aliphatic rings. The van der Waals surface area contributed by atoms with Gasteiger partial charge in [-0.25, -0.2) is 0 Å². The number of ether oxygens (including phenoxy) is 2. The first-order chi connectivity index (χ1) is 9.62. The molecule has 0 radical (unpaired) electrons. The molecule has 0 bridgehead atoms. The first-order valence-corrected chi connectivity index (χ1v) is 7.78. The quantitative estimate of drug-likeness (QED) is 0.303. The second-order valence-corrected chi connectivity index (χ2v) is 4.92. The van der Waals surface area contributed by atoms with E-state index in [1.807, 2.05) is 18.4 Å². The number of benzene rings is 1. The predicted octanol–water partition coefficient (Wildman–Crippen LogP) is 2.95. The fourth-order valence-electron chi connectivity index (χ4n) is 1.66. The zero-order chi connectivity index (χ0) is 15.0. The number of carbonyl (C=O) groups excluding carboxylic acids is 2. The molecule has 0 heterocycles. The molecule has 1 rings (SSSR count). The van der Waals surface area contributed by atoms with Crippen LogP contribution in [0.4, 0.5) is 0 Å². The normalized spacial score (nSPS) is 10.8. The van der Waals surface area contributed by atoms with Crippen LogP contribution in [0, 0.1) is 0 Å². The Morgan fingerprint density at radius 3 is 2.10 bits per heavy atom. The first-order valence-electron chi connectivity index (χ1n) is 6.55. The highest BCUT2D eigenvalue weighted by atomic mass is 32.2. The fourth-order valence-corrected chi connectivity index (χ4v) is 2.07. The van der Waals surface area contributed by atoms with Crippen LogP contribution < -0.4 is 0 Å². The number of hydrogen-bond acceptors (Lipinski definition) is 5. The van der Waals surface area contributed by atoms with Gasteiger partial charge in [0, 0.05) is 23.7 Å². The van der Waals surface area contributed by atoms with Gasteiger partial charge < -0.3 is 9.47 Å². The van der Waals surface area contributed by atoms with Crippen molar-refractivity contribution in [3.05, 3.63) is 29.8 Å². The Morgan fingerprint density at radius 2 is 1.65 bits per heavy atom. The topological polar surface area (TPSA) is 52.6 Å². The van der Waals surface area contributed by atoms with E-state index in [1.54, 1.807) is 37.7 Å². The lowest BCUT2D eigenvalue weighted by molar-refractivity contribution is -0.166. The molecule has 110 valence electrons. The van der Waals surface area contributed by atoms with Crippen molar-refractivity contribution in [3.8, 4) is 0 Å². The molecule has 0 saturated heterocycles. The zero-order valence-electron chi connectivity index (χ0n) is 12.0. The van der Waals surface area contributed by atoms with E-state index in [1.165, 1.54) is 0 Å². The van der Waals surface area contributed by atoms with E-state index in [2.05, 4.69) is 0 Å². The Hall–Kier alpha value is -1.17. The van der Waals surface area contributed by atoms with Gasteiger partial charge in [0.15, 0.2) is 11.6 Å². The maximum atomic E-state index is 12.0. The van der Waals surface area contributed by atoms with Gasteiger partial charge in [-0.3, -0.25) is 9.59 Å². The van der Waals surface area contributed by atoms with E-state index in [9.17, 15) is 9.59 Å². The molecule has 4 nitrogen and oxygen atoms in total. The van der Waals surface area contributed by atoms with Gasteiger partial charge in [0.25, 0.3) is 0 Å². The lowest BCUT2D eigenvalue weighted by Crippen LogP contribution is -2.29. The molecule has 0 spiro atoms. The maximum Gasteiger partial charge on any atom is 0.218 e. The molecule has 1 aromatic carbocycles. The van der Waals surface area contributed by atoms with Crippen LogP contribution in [0.15, 0.2) is 29.2 Å². The molecule has 0 amide bonds. The molecule has 0 aliphatic heterocycles. The second kappa shape index (κ2) is 8.89. The summed E-state index contributed by atoms with van der Waals surface area (Å²) in [5.41, 5.74) is 0.530. The van der Waals surface area contributed by atoms with Gasteiger partial charge in [-0.15, -0.1) is 11.8 Å². The average molecular weight is 296 g/mol. The Morgan fingerprint density at radius 1 is 1.10 bits per heavy atom. The highest BCUT2D eigenvalue weighted by Crippen LogP contribution is 2.16. The van der Waals surface area contributed by atoms with Crippen LogP contribution in [0.25, 0.3) is 0 Å². The Balaban J connectivity index is 2.65. The van der Waals surface area contributed by atoms with Crippen LogP contribution in [-0.2, 0) is 14.3 Å². The SMILES string of the molecule is CCOC(OCC)C(=O)CC(=O)c1ccc(SC)cc1. The van der Waals surface area contributed by atoms with Crippen molar-refractivity contribution in [2.45, 2.75) is 31.5 Å². The van der Waals surface area contributed by atoms with Crippen molar-refractivity contribution in [3.63, 3.8) is 0 Å². The molecule has 0 aromatic heterocycles. The third-order valence-corrected chi connectivity index (χ3v) is 3.39. The number of ketones is 2. The number of carbonyl (C=O) groups is 2. The van der Waals surface area contributed by atoms with Crippen molar-refractivity contribution < 1.29 is 19.1 Å². The summed E-state index contributed by atoms with van der Waals surface area (Å²) < 4.78 is 10.4. The largest absolute Gasteiger partial charge is 0.346 e. The van der Waals surface area contributed by atoms with Crippen LogP contribution in [0.5, 0.6) is 0 Å². The molecule has 1 aromatic rings. The fraction of sp³-hybridized carbons (Fsp3) is 0.467. The third-order valence-electron chi connectivity index (χ3n) is 2.65. The van der Waals surface area contributed by atoms with Gasteiger partial charge in [0.2, 0.25) is 6.29 Å². The minimum absolute atomic E-state index is 0.205. The zero-order valence-corrected chi connectivity index (χ0v) is 12.9. The number of Topliss-reactive ketones (excluding diaryl/α,β-unsaturated/α-hetero) is 2. The monoisotopic (exact) mass is 296 g/mol. The summed E-state index contributed by atoms with van der Waals surface area (Å²) in [6, 6.07) is 7.20. The van der Waals surface area contributed by atoms with Crippen LogP contribution in [0.3, 0.4) is 0 Å².